The van der Waals surface area contributed by atoms with Crippen LogP contribution in [0.4, 0.5) is 23.1 Å². The van der Waals surface area contributed by atoms with E-state index in [1.807, 2.05) is 6.07 Å². The van der Waals surface area contributed by atoms with Crippen molar-refractivity contribution in [1.29, 1.82) is 0 Å². The number of hydrogen-bond acceptors (Lipinski definition) is 6. The molecule has 1 N–H and O–H groups in total. The molecule has 0 spiro atoms. The van der Waals surface area contributed by atoms with E-state index in [0.717, 1.165) is 50.0 Å². The summed E-state index contributed by atoms with van der Waals surface area (Å²) >= 11 is 0. The van der Waals surface area contributed by atoms with Gasteiger partial charge in [-0.05, 0) is 49.1 Å². The maximum atomic E-state index is 10.9. The second-order valence-electron chi connectivity index (χ2n) is 7.71. The van der Waals surface area contributed by atoms with Gasteiger partial charge in [0.05, 0.1) is 0 Å². The highest BCUT2D eigenvalue weighted by molar-refractivity contribution is 5.61. The number of rotatable bonds is 5. The first kappa shape index (κ1) is 18.5. The number of piperazine rings is 1. The maximum Gasteiger partial charge on any atom is 0.227 e. The molecule has 0 aliphatic carbocycles. The number of carbonyl (C=O) groups excluding carboxylic acids is 1. The first-order valence-electron chi connectivity index (χ1n) is 10.1. The lowest BCUT2D eigenvalue weighted by Gasteiger charge is -2.32. The van der Waals surface area contributed by atoms with Gasteiger partial charge in [-0.25, -0.2) is 4.98 Å². The van der Waals surface area contributed by atoms with Gasteiger partial charge >= 0.3 is 0 Å². The van der Waals surface area contributed by atoms with Gasteiger partial charge in [0.15, 0.2) is 0 Å². The fraction of sp³-hybridized carbons (Fsp3) is 0.476. The summed E-state index contributed by atoms with van der Waals surface area (Å²) in [6.45, 7) is 7.54. The minimum atomic E-state index is 0.703. The van der Waals surface area contributed by atoms with Crippen LogP contribution in [-0.4, -0.2) is 60.5 Å². The zero-order valence-corrected chi connectivity index (χ0v) is 16.4. The molecule has 148 valence electrons. The molecule has 7 nitrogen and oxygen atoms in total. The van der Waals surface area contributed by atoms with Crippen LogP contribution >= 0.6 is 0 Å². The molecule has 0 bridgehead atoms. The van der Waals surface area contributed by atoms with Crippen molar-refractivity contribution in [3.8, 4) is 0 Å². The molecular formula is C21H28N6O. The Kier molecular flexibility index (Phi) is 5.60. The van der Waals surface area contributed by atoms with Crippen molar-refractivity contribution >= 4 is 29.6 Å². The number of anilines is 4. The quantitative estimate of drug-likeness (QED) is 0.805. The predicted octanol–water partition coefficient (Wildman–Crippen LogP) is 2.73. The fourth-order valence-corrected chi connectivity index (χ4v) is 3.77. The molecule has 0 saturated carbocycles. The predicted molar refractivity (Wildman–Crippen MR) is 112 cm³/mol. The summed E-state index contributed by atoms with van der Waals surface area (Å²) in [5.74, 6) is 2.32. The molecule has 0 atom stereocenters. The first-order chi connectivity index (χ1) is 13.7. The monoisotopic (exact) mass is 380 g/mol. The SMILES string of the molecule is CC1CCN(c2ccc(Nc3ccnc(N4CCN(C=O)CC4)n3)cc2)CC1. The Hall–Kier alpha value is -2.83. The van der Waals surface area contributed by atoms with E-state index in [1.165, 1.54) is 18.5 Å². The van der Waals surface area contributed by atoms with Crippen LogP contribution in [0.15, 0.2) is 36.5 Å². The van der Waals surface area contributed by atoms with Crippen LogP contribution in [-0.2, 0) is 4.79 Å². The van der Waals surface area contributed by atoms with E-state index < -0.39 is 0 Å². The summed E-state index contributed by atoms with van der Waals surface area (Å²) in [7, 11) is 0. The summed E-state index contributed by atoms with van der Waals surface area (Å²) in [5.41, 5.74) is 2.30. The number of carbonyl (C=O) groups is 1. The van der Waals surface area contributed by atoms with Crippen LogP contribution in [0.5, 0.6) is 0 Å². The number of amides is 1. The molecule has 2 aliphatic rings. The molecule has 0 radical (unpaired) electrons. The van der Waals surface area contributed by atoms with Gasteiger partial charge in [-0.2, -0.15) is 4.98 Å². The Morgan fingerprint density at radius 1 is 0.964 bits per heavy atom. The third kappa shape index (κ3) is 4.35. The molecule has 1 aromatic carbocycles. The number of nitrogens with zero attached hydrogens (tertiary/aromatic N) is 5. The number of aromatic nitrogens is 2. The number of nitrogens with one attached hydrogen (secondary N) is 1. The highest BCUT2D eigenvalue weighted by Crippen LogP contribution is 2.25. The summed E-state index contributed by atoms with van der Waals surface area (Å²) in [6, 6.07) is 10.5. The van der Waals surface area contributed by atoms with E-state index in [0.29, 0.717) is 19.0 Å². The molecule has 3 heterocycles. The Morgan fingerprint density at radius 2 is 1.68 bits per heavy atom. The van der Waals surface area contributed by atoms with Crippen molar-refractivity contribution in [2.24, 2.45) is 5.92 Å². The Bertz CT molecular complexity index is 780. The maximum absolute atomic E-state index is 10.9. The number of benzene rings is 1. The second kappa shape index (κ2) is 8.46. The summed E-state index contributed by atoms with van der Waals surface area (Å²) in [4.78, 5) is 26.3. The Balaban J connectivity index is 1.38. The van der Waals surface area contributed by atoms with Crippen molar-refractivity contribution in [1.82, 2.24) is 14.9 Å². The minimum Gasteiger partial charge on any atom is -0.372 e. The average Bonchev–Trinajstić information content (AvgIpc) is 2.75. The van der Waals surface area contributed by atoms with Crippen molar-refractivity contribution in [3.63, 3.8) is 0 Å². The molecule has 2 aromatic rings. The molecule has 1 aromatic heterocycles. The lowest BCUT2D eigenvalue weighted by Crippen LogP contribution is -2.46. The van der Waals surface area contributed by atoms with Crippen molar-refractivity contribution < 1.29 is 4.79 Å². The molecule has 2 saturated heterocycles. The van der Waals surface area contributed by atoms with E-state index >= 15 is 0 Å². The normalized spacial score (nSPS) is 18.2. The van der Waals surface area contributed by atoms with Crippen molar-refractivity contribution in [2.75, 3.05) is 54.4 Å². The van der Waals surface area contributed by atoms with Gasteiger partial charge in [0.2, 0.25) is 12.4 Å². The van der Waals surface area contributed by atoms with Crippen LogP contribution in [0.3, 0.4) is 0 Å². The summed E-state index contributed by atoms with van der Waals surface area (Å²) in [6.07, 6.45) is 5.22. The first-order valence-corrected chi connectivity index (χ1v) is 10.1. The van der Waals surface area contributed by atoms with E-state index in [1.54, 1.807) is 11.1 Å². The van der Waals surface area contributed by atoms with E-state index in [4.69, 9.17) is 0 Å². The van der Waals surface area contributed by atoms with Crippen LogP contribution in [0.2, 0.25) is 0 Å². The average molecular weight is 380 g/mol. The Morgan fingerprint density at radius 3 is 2.36 bits per heavy atom. The summed E-state index contributed by atoms with van der Waals surface area (Å²) < 4.78 is 0. The van der Waals surface area contributed by atoms with Gasteiger partial charge < -0.3 is 20.0 Å². The number of piperidine rings is 1. The molecule has 28 heavy (non-hydrogen) atoms. The van der Waals surface area contributed by atoms with Crippen LogP contribution in [0.1, 0.15) is 19.8 Å². The molecule has 0 unspecified atom stereocenters. The third-order valence-corrected chi connectivity index (χ3v) is 5.68. The Labute approximate surface area is 166 Å². The van der Waals surface area contributed by atoms with Gasteiger partial charge in [0.25, 0.3) is 0 Å². The van der Waals surface area contributed by atoms with E-state index in [9.17, 15) is 4.79 Å². The smallest absolute Gasteiger partial charge is 0.227 e. The minimum absolute atomic E-state index is 0.703. The zero-order chi connectivity index (χ0) is 19.3. The van der Waals surface area contributed by atoms with Crippen LogP contribution in [0, 0.1) is 5.92 Å². The lowest BCUT2D eigenvalue weighted by atomic mass is 9.99. The van der Waals surface area contributed by atoms with E-state index in [-0.39, 0.29) is 0 Å². The van der Waals surface area contributed by atoms with Gasteiger partial charge in [0.1, 0.15) is 5.82 Å². The lowest BCUT2D eigenvalue weighted by molar-refractivity contribution is -0.118. The van der Waals surface area contributed by atoms with Gasteiger partial charge in [-0.3, -0.25) is 4.79 Å². The third-order valence-electron chi connectivity index (χ3n) is 5.68. The van der Waals surface area contributed by atoms with Gasteiger partial charge in [-0.1, -0.05) is 6.92 Å². The van der Waals surface area contributed by atoms with E-state index in [2.05, 4.69) is 56.3 Å². The second-order valence-corrected chi connectivity index (χ2v) is 7.71. The van der Waals surface area contributed by atoms with Crippen LogP contribution in [0.25, 0.3) is 0 Å². The molecule has 7 heteroatoms. The molecule has 4 rings (SSSR count). The molecule has 2 fully saturated rings. The van der Waals surface area contributed by atoms with Gasteiger partial charge in [0, 0.05) is 56.8 Å². The highest BCUT2D eigenvalue weighted by Gasteiger charge is 2.18. The largest absolute Gasteiger partial charge is 0.372 e. The molecule has 2 aliphatic heterocycles. The summed E-state index contributed by atoms with van der Waals surface area (Å²) in [5, 5.41) is 3.38. The molecular weight excluding hydrogens is 352 g/mol. The van der Waals surface area contributed by atoms with Crippen molar-refractivity contribution in [3.05, 3.63) is 36.5 Å². The standard InChI is InChI=1S/C21H28N6O/c1-17-7-10-26(11-8-17)19-4-2-18(3-5-19)23-20-6-9-22-21(24-20)27-14-12-25(16-28)13-15-27/h2-6,9,16-17H,7-8,10-15H2,1H3,(H,22,23,24). The van der Waals surface area contributed by atoms with Crippen molar-refractivity contribution in [2.45, 2.75) is 19.8 Å². The van der Waals surface area contributed by atoms with Gasteiger partial charge in [-0.15, -0.1) is 0 Å². The molecule has 1 amide bonds. The fourth-order valence-electron chi connectivity index (χ4n) is 3.77. The topological polar surface area (TPSA) is 64.6 Å². The highest BCUT2D eigenvalue weighted by atomic mass is 16.1. The number of hydrogen-bond donors (Lipinski definition) is 1. The zero-order valence-electron chi connectivity index (χ0n) is 16.4. The van der Waals surface area contributed by atoms with Crippen LogP contribution < -0.4 is 15.1 Å².